The monoisotopic (exact) mass is 523 g/mol. The molecule has 3 aromatic rings. The maximum absolute atomic E-state index is 13.0. The molecule has 0 unspecified atom stereocenters. The van der Waals surface area contributed by atoms with Crippen molar-refractivity contribution < 1.29 is 22.8 Å². The van der Waals surface area contributed by atoms with Gasteiger partial charge in [-0.1, -0.05) is 30.3 Å². The zero-order chi connectivity index (χ0) is 26.7. The molecule has 0 bridgehead atoms. The highest BCUT2D eigenvalue weighted by molar-refractivity contribution is 5.94. The molecule has 5 rings (SSSR count). The minimum absolute atomic E-state index is 0.0227. The highest BCUT2D eigenvalue weighted by Crippen LogP contribution is 2.31. The van der Waals surface area contributed by atoms with Crippen LogP contribution in [0.4, 0.5) is 24.7 Å². The molecule has 38 heavy (non-hydrogen) atoms. The first-order valence-corrected chi connectivity index (χ1v) is 12.6. The summed E-state index contributed by atoms with van der Waals surface area (Å²) in [6, 6.07) is 16.5. The fourth-order valence-electron chi connectivity index (χ4n) is 4.98. The largest absolute Gasteiger partial charge is 0.416 e. The zero-order valence-electron chi connectivity index (χ0n) is 20.7. The predicted molar refractivity (Wildman–Crippen MR) is 137 cm³/mol. The number of amides is 2. The third-order valence-corrected chi connectivity index (χ3v) is 7.24. The Morgan fingerprint density at radius 1 is 0.974 bits per heavy atom. The number of anilines is 2. The first-order valence-electron chi connectivity index (χ1n) is 12.6. The number of piperidine rings is 1. The van der Waals surface area contributed by atoms with Gasteiger partial charge in [-0.2, -0.15) is 18.3 Å². The molecule has 1 aromatic heterocycles. The van der Waals surface area contributed by atoms with E-state index in [9.17, 15) is 22.8 Å². The van der Waals surface area contributed by atoms with E-state index in [4.69, 9.17) is 0 Å². The standard InChI is InChI=1S/C28H28F3N5O2/c29-28(30,31)23-4-1-3-19(15-23)16-26(37)35-13-10-21(11-14-35)20-6-8-24(9-7-20)33-27(38)22-17-36(18-22)25-5-2-12-32-34-25/h1-9,12,15,21-22H,10-11,13-14,16-18H2,(H,33,38). The number of alkyl halides is 3. The maximum atomic E-state index is 13.0. The van der Waals surface area contributed by atoms with Gasteiger partial charge in [-0.3, -0.25) is 9.59 Å². The second-order valence-corrected chi connectivity index (χ2v) is 9.82. The van der Waals surface area contributed by atoms with Crippen LogP contribution in [0.2, 0.25) is 0 Å². The Bertz CT molecular complexity index is 1270. The Balaban J connectivity index is 1.08. The van der Waals surface area contributed by atoms with Gasteiger partial charge >= 0.3 is 6.18 Å². The molecule has 7 nitrogen and oxygen atoms in total. The van der Waals surface area contributed by atoms with Crippen molar-refractivity contribution in [1.82, 2.24) is 15.1 Å². The summed E-state index contributed by atoms with van der Waals surface area (Å²) in [5.41, 5.74) is 1.52. The molecule has 0 saturated carbocycles. The number of rotatable bonds is 6. The summed E-state index contributed by atoms with van der Waals surface area (Å²) >= 11 is 0. The number of hydrogen-bond donors (Lipinski definition) is 1. The third kappa shape index (κ3) is 5.95. The summed E-state index contributed by atoms with van der Waals surface area (Å²) in [6.45, 7) is 2.33. The van der Waals surface area contributed by atoms with Crippen LogP contribution >= 0.6 is 0 Å². The van der Waals surface area contributed by atoms with Crippen LogP contribution in [0.25, 0.3) is 0 Å². The SMILES string of the molecule is O=C(Nc1ccc(C2CCN(C(=O)Cc3cccc(C(F)(F)F)c3)CC2)cc1)C1CN(c2cccnn2)C1. The van der Waals surface area contributed by atoms with Gasteiger partial charge in [0.2, 0.25) is 11.8 Å². The van der Waals surface area contributed by atoms with Gasteiger partial charge in [-0.25, -0.2) is 0 Å². The van der Waals surface area contributed by atoms with Crippen LogP contribution in [-0.2, 0) is 22.2 Å². The number of carbonyl (C=O) groups excluding carboxylic acids is 2. The molecule has 2 fully saturated rings. The van der Waals surface area contributed by atoms with Gasteiger partial charge < -0.3 is 15.1 Å². The van der Waals surface area contributed by atoms with Crippen LogP contribution in [0.15, 0.2) is 66.9 Å². The van der Waals surface area contributed by atoms with E-state index < -0.39 is 11.7 Å². The van der Waals surface area contributed by atoms with E-state index in [-0.39, 0.29) is 30.1 Å². The Morgan fingerprint density at radius 2 is 1.71 bits per heavy atom. The number of benzene rings is 2. The highest BCUT2D eigenvalue weighted by Gasteiger charge is 2.34. The Labute approximate surface area is 218 Å². The summed E-state index contributed by atoms with van der Waals surface area (Å²) < 4.78 is 38.9. The summed E-state index contributed by atoms with van der Waals surface area (Å²) in [7, 11) is 0. The molecule has 2 amide bonds. The minimum Gasteiger partial charge on any atom is -0.353 e. The van der Waals surface area contributed by atoms with Crippen LogP contribution in [0.5, 0.6) is 0 Å². The van der Waals surface area contributed by atoms with Crippen LogP contribution in [0, 0.1) is 5.92 Å². The van der Waals surface area contributed by atoms with Crippen molar-refractivity contribution in [2.45, 2.75) is 31.4 Å². The molecule has 198 valence electrons. The summed E-state index contributed by atoms with van der Waals surface area (Å²) in [4.78, 5) is 29.0. The highest BCUT2D eigenvalue weighted by atomic mass is 19.4. The Kier molecular flexibility index (Phi) is 7.31. The lowest BCUT2D eigenvalue weighted by molar-refractivity contribution is -0.138. The molecular weight excluding hydrogens is 495 g/mol. The first-order chi connectivity index (χ1) is 18.3. The van der Waals surface area contributed by atoms with Crippen molar-refractivity contribution in [1.29, 1.82) is 0 Å². The third-order valence-electron chi connectivity index (χ3n) is 7.24. The molecule has 0 atom stereocenters. The normalized spacial score (nSPS) is 16.7. The van der Waals surface area contributed by atoms with Crippen molar-refractivity contribution in [2.75, 3.05) is 36.4 Å². The van der Waals surface area contributed by atoms with Gasteiger partial charge in [0.15, 0.2) is 5.82 Å². The number of halogens is 3. The van der Waals surface area contributed by atoms with Crippen molar-refractivity contribution in [3.05, 3.63) is 83.6 Å². The quantitative estimate of drug-likeness (QED) is 0.514. The lowest BCUT2D eigenvalue weighted by Crippen LogP contribution is -2.52. The van der Waals surface area contributed by atoms with Crippen molar-refractivity contribution in [2.24, 2.45) is 5.92 Å². The molecule has 1 N–H and O–H groups in total. The van der Waals surface area contributed by atoms with Crippen molar-refractivity contribution >= 4 is 23.3 Å². The number of nitrogens with one attached hydrogen (secondary N) is 1. The van der Waals surface area contributed by atoms with Gasteiger partial charge in [0, 0.05) is 38.1 Å². The molecular formula is C28H28F3N5O2. The fraction of sp³-hybridized carbons (Fsp3) is 0.357. The van der Waals surface area contributed by atoms with E-state index in [1.165, 1.54) is 6.07 Å². The van der Waals surface area contributed by atoms with E-state index in [1.807, 2.05) is 41.3 Å². The molecule has 2 aliphatic heterocycles. The number of likely N-dealkylation sites (tertiary alicyclic amines) is 1. The molecule has 2 saturated heterocycles. The summed E-state index contributed by atoms with van der Waals surface area (Å²) in [5, 5.41) is 10.9. The van der Waals surface area contributed by atoms with E-state index in [0.29, 0.717) is 31.7 Å². The maximum Gasteiger partial charge on any atom is 0.416 e. The van der Waals surface area contributed by atoms with E-state index in [0.717, 1.165) is 42.0 Å². The lowest BCUT2D eigenvalue weighted by atomic mass is 9.89. The molecule has 0 radical (unpaired) electrons. The van der Waals surface area contributed by atoms with E-state index >= 15 is 0 Å². The summed E-state index contributed by atoms with van der Waals surface area (Å²) in [5.74, 6) is 0.767. The van der Waals surface area contributed by atoms with Crippen LogP contribution in [0.1, 0.15) is 35.4 Å². The number of nitrogens with zero attached hydrogens (tertiary/aromatic N) is 4. The van der Waals surface area contributed by atoms with E-state index in [1.54, 1.807) is 17.2 Å². The van der Waals surface area contributed by atoms with Gasteiger partial charge in [-0.05, 0) is 60.2 Å². The van der Waals surface area contributed by atoms with Gasteiger partial charge in [-0.15, -0.1) is 5.10 Å². The topological polar surface area (TPSA) is 78.4 Å². The Morgan fingerprint density at radius 3 is 2.37 bits per heavy atom. The van der Waals surface area contributed by atoms with Gasteiger partial charge in [0.05, 0.1) is 17.9 Å². The second-order valence-electron chi connectivity index (χ2n) is 9.82. The van der Waals surface area contributed by atoms with Gasteiger partial charge in [0.1, 0.15) is 0 Å². The fourth-order valence-corrected chi connectivity index (χ4v) is 4.98. The number of carbonyl (C=O) groups is 2. The first kappa shape index (κ1) is 25.7. The minimum atomic E-state index is -4.42. The van der Waals surface area contributed by atoms with Crippen LogP contribution in [0.3, 0.4) is 0 Å². The average Bonchev–Trinajstić information content (AvgIpc) is 2.89. The Hall–Kier alpha value is -3.95. The zero-order valence-corrected chi connectivity index (χ0v) is 20.7. The second kappa shape index (κ2) is 10.8. The molecule has 2 aliphatic rings. The summed E-state index contributed by atoms with van der Waals surface area (Å²) in [6.07, 6.45) is -1.29. The average molecular weight is 524 g/mol. The van der Waals surface area contributed by atoms with Gasteiger partial charge in [0.25, 0.3) is 0 Å². The lowest BCUT2D eigenvalue weighted by Gasteiger charge is -2.38. The smallest absolute Gasteiger partial charge is 0.353 e. The molecule has 0 aliphatic carbocycles. The van der Waals surface area contributed by atoms with E-state index in [2.05, 4.69) is 15.5 Å². The molecule has 2 aromatic carbocycles. The van der Waals surface area contributed by atoms with Crippen molar-refractivity contribution in [3.8, 4) is 0 Å². The molecule has 0 spiro atoms. The molecule has 3 heterocycles. The number of hydrogen-bond acceptors (Lipinski definition) is 5. The van der Waals surface area contributed by atoms with Crippen LogP contribution < -0.4 is 10.2 Å². The molecule has 10 heteroatoms. The predicted octanol–water partition coefficient (Wildman–Crippen LogP) is 4.52. The van der Waals surface area contributed by atoms with Crippen LogP contribution in [-0.4, -0.2) is 53.1 Å². The number of aromatic nitrogens is 2. The van der Waals surface area contributed by atoms with Crippen molar-refractivity contribution in [3.63, 3.8) is 0 Å².